The summed E-state index contributed by atoms with van der Waals surface area (Å²) in [6, 6.07) is 7.24. The number of fused-ring (bicyclic) bond motifs is 1. The van der Waals surface area contributed by atoms with Crippen LogP contribution in [-0.4, -0.2) is 44.2 Å². The highest BCUT2D eigenvalue weighted by molar-refractivity contribution is 5.96. The second kappa shape index (κ2) is 4.93. The number of benzene rings is 1. The number of morpholine rings is 1. The molecule has 2 aromatic rings. The molecule has 2 heterocycles. The number of carbonyl (C=O) groups excluding carboxylic acids is 1. The zero-order valence-corrected chi connectivity index (χ0v) is 10.7. The maximum Gasteiger partial charge on any atom is 0.289 e. The van der Waals surface area contributed by atoms with Crippen LogP contribution in [0.5, 0.6) is 5.75 Å². The van der Waals surface area contributed by atoms with Gasteiger partial charge in [-0.1, -0.05) is 0 Å². The first-order chi connectivity index (χ1) is 9.28. The summed E-state index contributed by atoms with van der Waals surface area (Å²) >= 11 is 0. The van der Waals surface area contributed by atoms with Gasteiger partial charge in [-0.3, -0.25) is 4.79 Å². The number of methoxy groups -OCH3 is 1. The van der Waals surface area contributed by atoms with E-state index in [9.17, 15) is 4.79 Å². The lowest BCUT2D eigenvalue weighted by atomic mass is 10.2. The summed E-state index contributed by atoms with van der Waals surface area (Å²) in [5.74, 6) is 1.03. The summed E-state index contributed by atoms with van der Waals surface area (Å²) < 4.78 is 16.0. The van der Waals surface area contributed by atoms with Crippen molar-refractivity contribution in [1.82, 2.24) is 4.90 Å². The van der Waals surface area contributed by atoms with Gasteiger partial charge in [0.15, 0.2) is 5.76 Å². The maximum atomic E-state index is 12.3. The summed E-state index contributed by atoms with van der Waals surface area (Å²) in [4.78, 5) is 14.0. The van der Waals surface area contributed by atoms with E-state index >= 15 is 0 Å². The molecule has 1 saturated heterocycles. The Morgan fingerprint density at radius 3 is 2.79 bits per heavy atom. The summed E-state index contributed by atoms with van der Waals surface area (Å²) in [6.45, 7) is 2.39. The number of hydrogen-bond acceptors (Lipinski definition) is 4. The quantitative estimate of drug-likeness (QED) is 0.828. The van der Waals surface area contributed by atoms with E-state index in [1.807, 2.05) is 18.2 Å². The molecule has 1 aromatic heterocycles. The number of furan rings is 1. The Bertz CT molecular complexity index is 599. The Balaban J connectivity index is 1.89. The molecule has 0 spiro atoms. The summed E-state index contributed by atoms with van der Waals surface area (Å²) in [7, 11) is 1.61. The maximum absolute atomic E-state index is 12.3. The van der Waals surface area contributed by atoms with Crippen molar-refractivity contribution in [2.24, 2.45) is 0 Å². The lowest BCUT2D eigenvalue weighted by molar-refractivity contribution is 0.0284. The average molecular weight is 261 g/mol. The van der Waals surface area contributed by atoms with E-state index in [1.165, 1.54) is 0 Å². The molecule has 0 unspecified atom stereocenters. The lowest BCUT2D eigenvalue weighted by Gasteiger charge is -2.25. The predicted octanol–water partition coefficient (Wildman–Crippen LogP) is 1.91. The Morgan fingerprint density at radius 1 is 1.26 bits per heavy atom. The Hall–Kier alpha value is -2.01. The minimum absolute atomic E-state index is 0.0848. The summed E-state index contributed by atoms with van der Waals surface area (Å²) in [5, 5.41) is 0.871. The predicted molar refractivity (Wildman–Crippen MR) is 69.5 cm³/mol. The molecule has 5 nitrogen and oxygen atoms in total. The second-order valence-electron chi connectivity index (χ2n) is 4.42. The highest BCUT2D eigenvalue weighted by Crippen LogP contribution is 2.25. The fourth-order valence-corrected chi connectivity index (χ4v) is 2.18. The standard InChI is InChI=1S/C14H15NO4/c1-17-11-2-3-12-10(8-11)9-13(19-12)14(16)15-4-6-18-7-5-15/h2-3,8-9H,4-7H2,1H3. The van der Waals surface area contributed by atoms with E-state index in [2.05, 4.69) is 0 Å². The van der Waals surface area contributed by atoms with Crippen LogP contribution in [0.4, 0.5) is 0 Å². The molecule has 1 aliphatic rings. The van der Waals surface area contributed by atoms with Gasteiger partial charge < -0.3 is 18.8 Å². The van der Waals surface area contributed by atoms with Gasteiger partial charge in [-0.15, -0.1) is 0 Å². The van der Waals surface area contributed by atoms with E-state index in [0.29, 0.717) is 37.6 Å². The number of ether oxygens (including phenoxy) is 2. The molecular formula is C14H15NO4. The van der Waals surface area contributed by atoms with Gasteiger partial charge in [0.25, 0.3) is 5.91 Å². The van der Waals surface area contributed by atoms with Crippen LogP contribution in [0, 0.1) is 0 Å². The second-order valence-corrected chi connectivity index (χ2v) is 4.42. The van der Waals surface area contributed by atoms with Crippen LogP contribution in [0.15, 0.2) is 28.7 Å². The minimum atomic E-state index is -0.0848. The average Bonchev–Trinajstić information content (AvgIpc) is 2.90. The topological polar surface area (TPSA) is 51.9 Å². The largest absolute Gasteiger partial charge is 0.497 e. The van der Waals surface area contributed by atoms with Gasteiger partial charge in [-0.05, 0) is 24.3 Å². The van der Waals surface area contributed by atoms with E-state index in [1.54, 1.807) is 18.1 Å². The number of nitrogens with zero attached hydrogens (tertiary/aromatic N) is 1. The molecule has 1 amide bonds. The van der Waals surface area contributed by atoms with Crippen LogP contribution in [0.1, 0.15) is 10.6 Å². The molecule has 1 aliphatic heterocycles. The molecule has 0 atom stereocenters. The number of amides is 1. The third kappa shape index (κ3) is 2.29. The van der Waals surface area contributed by atoms with Crippen LogP contribution in [0.3, 0.4) is 0 Å². The Morgan fingerprint density at radius 2 is 2.05 bits per heavy atom. The highest BCUT2D eigenvalue weighted by Gasteiger charge is 2.21. The van der Waals surface area contributed by atoms with E-state index in [-0.39, 0.29) is 5.91 Å². The first-order valence-corrected chi connectivity index (χ1v) is 6.22. The molecule has 3 rings (SSSR count). The van der Waals surface area contributed by atoms with Crippen molar-refractivity contribution in [3.63, 3.8) is 0 Å². The zero-order valence-electron chi connectivity index (χ0n) is 10.7. The van der Waals surface area contributed by atoms with Crippen LogP contribution in [0.25, 0.3) is 11.0 Å². The Kier molecular flexibility index (Phi) is 3.13. The Labute approximate surface area is 110 Å². The molecule has 0 aliphatic carbocycles. The van der Waals surface area contributed by atoms with Crippen LogP contribution in [-0.2, 0) is 4.74 Å². The molecule has 1 fully saturated rings. The fraction of sp³-hybridized carbons (Fsp3) is 0.357. The van der Waals surface area contributed by atoms with Crippen molar-refractivity contribution < 1.29 is 18.7 Å². The molecule has 0 bridgehead atoms. The molecular weight excluding hydrogens is 246 g/mol. The molecule has 19 heavy (non-hydrogen) atoms. The van der Waals surface area contributed by atoms with Gasteiger partial charge in [0, 0.05) is 18.5 Å². The van der Waals surface area contributed by atoms with Gasteiger partial charge in [-0.2, -0.15) is 0 Å². The molecule has 100 valence electrons. The van der Waals surface area contributed by atoms with Crippen LogP contribution < -0.4 is 4.74 Å². The van der Waals surface area contributed by atoms with Crippen LogP contribution in [0.2, 0.25) is 0 Å². The van der Waals surface area contributed by atoms with Gasteiger partial charge in [0.2, 0.25) is 0 Å². The lowest BCUT2D eigenvalue weighted by Crippen LogP contribution is -2.40. The third-order valence-corrected chi connectivity index (χ3v) is 3.23. The molecule has 0 radical (unpaired) electrons. The van der Waals surface area contributed by atoms with Gasteiger partial charge >= 0.3 is 0 Å². The number of rotatable bonds is 2. The SMILES string of the molecule is COc1ccc2oc(C(=O)N3CCOCC3)cc2c1. The molecule has 0 N–H and O–H groups in total. The van der Waals surface area contributed by atoms with Crippen LogP contribution >= 0.6 is 0 Å². The summed E-state index contributed by atoms with van der Waals surface area (Å²) in [6.07, 6.45) is 0. The monoisotopic (exact) mass is 261 g/mol. The smallest absolute Gasteiger partial charge is 0.289 e. The van der Waals surface area contributed by atoms with Crippen molar-refractivity contribution in [1.29, 1.82) is 0 Å². The van der Waals surface area contributed by atoms with E-state index < -0.39 is 0 Å². The van der Waals surface area contributed by atoms with E-state index in [4.69, 9.17) is 13.9 Å². The van der Waals surface area contributed by atoms with Gasteiger partial charge in [-0.25, -0.2) is 0 Å². The molecule has 1 aromatic carbocycles. The highest BCUT2D eigenvalue weighted by atomic mass is 16.5. The van der Waals surface area contributed by atoms with Crippen molar-refractivity contribution >= 4 is 16.9 Å². The van der Waals surface area contributed by atoms with Crippen molar-refractivity contribution in [2.45, 2.75) is 0 Å². The van der Waals surface area contributed by atoms with Crippen molar-refractivity contribution in [3.05, 3.63) is 30.0 Å². The molecule has 5 heteroatoms. The fourth-order valence-electron chi connectivity index (χ4n) is 2.18. The zero-order chi connectivity index (χ0) is 13.2. The first kappa shape index (κ1) is 12.0. The van der Waals surface area contributed by atoms with Crippen molar-refractivity contribution in [2.75, 3.05) is 33.4 Å². The molecule has 0 saturated carbocycles. The first-order valence-electron chi connectivity index (χ1n) is 6.22. The van der Waals surface area contributed by atoms with Gasteiger partial charge in [0.05, 0.1) is 20.3 Å². The number of hydrogen-bond donors (Lipinski definition) is 0. The normalized spacial score (nSPS) is 15.7. The van der Waals surface area contributed by atoms with Crippen molar-refractivity contribution in [3.8, 4) is 5.75 Å². The number of carbonyl (C=O) groups is 1. The van der Waals surface area contributed by atoms with Gasteiger partial charge in [0.1, 0.15) is 11.3 Å². The van der Waals surface area contributed by atoms with E-state index in [0.717, 1.165) is 11.1 Å². The third-order valence-electron chi connectivity index (χ3n) is 3.23. The summed E-state index contributed by atoms with van der Waals surface area (Å²) in [5.41, 5.74) is 0.692. The minimum Gasteiger partial charge on any atom is -0.497 e.